The highest BCUT2D eigenvalue weighted by atomic mass is 19.1. The second kappa shape index (κ2) is 5.46. The van der Waals surface area contributed by atoms with Gasteiger partial charge in [0.1, 0.15) is 11.6 Å². The Hall–Kier alpha value is -1.45. The molecule has 0 N–H and O–H groups in total. The summed E-state index contributed by atoms with van der Waals surface area (Å²) in [5.41, 5.74) is -0.0672. The molecule has 0 amide bonds. The predicted molar refractivity (Wildman–Crippen MR) is 68.6 cm³/mol. The van der Waals surface area contributed by atoms with Crippen molar-refractivity contribution in [2.75, 3.05) is 0 Å². The highest BCUT2D eigenvalue weighted by molar-refractivity contribution is 5.80. The number of hydrazone groups is 1. The molecule has 1 heterocycles. The standard InChI is InChI=1S/C14H18F2N2/c1-10-5-3-6-11(2)18(10)17-9-12-13(15)7-4-8-14(12)16/h4,7-11H,3,5-6H2,1-2H3/b17-9+. The number of rotatable bonds is 2. The van der Waals surface area contributed by atoms with E-state index in [4.69, 9.17) is 0 Å². The highest BCUT2D eigenvalue weighted by Gasteiger charge is 2.22. The molecule has 98 valence electrons. The van der Waals surface area contributed by atoms with Gasteiger partial charge >= 0.3 is 0 Å². The lowest BCUT2D eigenvalue weighted by molar-refractivity contribution is 0.109. The quantitative estimate of drug-likeness (QED) is 0.735. The number of hydrogen-bond donors (Lipinski definition) is 0. The maximum Gasteiger partial charge on any atom is 0.134 e. The van der Waals surface area contributed by atoms with Crippen molar-refractivity contribution in [2.45, 2.75) is 45.2 Å². The molecular formula is C14H18F2N2. The lowest BCUT2D eigenvalue weighted by atomic mass is 10.00. The van der Waals surface area contributed by atoms with Crippen molar-refractivity contribution in [1.82, 2.24) is 5.01 Å². The van der Waals surface area contributed by atoms with Crippen LogP contribution in [0.15, 0.2) is 23.3 Å². The molecule has 0 bridgehead atoms. The van der Waals surface area contributed by atoms with Crippen molar-refractivity contribution in [3.8, 4) is 0 Å². The van der Waals surface area contributed by atoms with E-state index in [0.717, 1.165) is 12.8 Å². The molecular weight excluding hydrogens is 234 g/mol. The first kappa shape index (κ1) is 13.0. The summed E-state index contributed by atoms with van der Waals surface area (Å²) in [6.45, 7) is 4.18. The van der Waals surface area contributed by atoms with Gasteiger partial charge in [-0.25, -0.2) is 8.78 Å². The van der Waals surface area contributed by atoms with Crippen LogP contribution >= 0.6 is 0 Å². The summed E-state index contributed by atoms with van der Waals surface area (Å²) in [4.78, 5) is 0. The Morgan fingerprint density at radius 1 is 1.17 bits per heavy atom. The van der Waals surface area contributed by atoms with E-state index in [1.54, 1.807) is 0 Å². The molecule has 0 aliphatic carbocycles. The highest BCUT2D eigenvalue weighted by Crippen LogP contribution is 2.22. The van der Waals surface area contributed by atoms with Crippen molar-refractivity contribution in [3.05, 3.63) is 35.4 Å². The molecule has 1 aliphatic heterocycles. The van der Waals surface area contributed by atoms with E-state index in [2.05, 4.69) is 18.9 Å². The fourth-order valence-electron chi connectivity index (χ4n) is 2.39. The molecule has 0 radical (unpaired) electrons. The minimum absolute atomic E-state index is 0.0672. The Labute approximate surface area is 106 Å². The molecule has 0 aromatic heterocycles. The fourth-order valence-corrected chi connectivity index (χ4v) is 2.39. The molecule has 2 atom stereocenters. The minimum atomic E-state index is -0.573. The molecule has 1 aromatic carbocycles. The van der Waals surface area contributed by atoms with Gasteiger partial charge in [0, 0.05) is 12.1 Å². The first-order valence-corrected chi connectivity index (χ1v) is 6.36. The summed E-state index contributed by atoms with van der Waals surface area (Å²) >= 11 is 0. The third kappa shape index (κ3) is 2.68. The van der Waals surface area contributed by atoms with E-state index in [1.165, 1.54) is 30.8 Å². The monoisotopic (exact) mass is 252 g/mol. The zero-order valence-corrected chi connectivity index (χ0v) is 10.7. The predicted octanol–water partition coefficient (Wildman–Crippen LogP) is 3.56. The van der Waals surface area contributed by atoms with Gasteiger partial charge in [-0.1, -0.05) is 6.07 Å². The summed E-state index contributed by atoms with van der Waals surface area (Å²) in [7, 11) is 0. The van der Waals surface area contributed by atoms with E-state index < -0.39 is 11.6 Å². The molecule has 1 aliphatic rings. The Morgan fingerprint density at radius 2 is 1.72 bits per heavy atom. The molecule has 1 saturated heterocycles. The third-order valence-corrected chi connectivity index (χ3v) is 3.47. The van der Waals surface area contributed by atoms with E-state index in [1.807, 2.05) is 5.01 Å². The summed E-state index contributed by atoms with van der Waals surface area (Å²) in [6, 6.07) is 4.48. The van der Waals surface area contributed by atoms with Crippen LogP contribution in [0.5, 0.6) is 0 Å². The van der Waals surface area contributed by atoms with Gasteiger partial charge in [-0.15, -0.1) is 0 Å². The molecule has 1 fully saturated rings. The average Bonchev–Trinajstić information content (AvgIpc) is 2.31. The lowest BCUT2D eigenvalue weighted by Crippen LogP contribution is -2.39. The van der Waals surface area contributed by atoms with Gasteiger partial charge in [-0.2, -0.15) is 5.10 Å². The van der Waals surface area contributed by atoms with Crippen molar-refractivity contribution in [2.24, 2.45) is 5.10 Å². The largest absolute Gasteiger partial charge is 0.292 e. The molecule has 4 heteroatoms. The zero-order valence-electron chi connectivity index (χ0n) is 10.7. The fraction of sp³-hybridized carbons (Fsp3) is 0.500. The Bertz CT molecular complexity index is 415. The van der Waals surface area contributed by atoms with Gasteiger partial charge in [-0.05, 0) is 45.2 Å². The normalized spacial score (nSPS) is 24.8. The van der Waals surface area contributed by atoms with Gasteiger partial charge in [-0.3, -0.25) is 5.01 Å². The molecule has 2 unspecified atom stereocenters. The molecule has 0 saturated carbocycles. The van der Waals surface area contributed by atoms with Crippen LogP contribution in [0.25, 0.3) is 0 Å². The first-order chi connectivity index (χ1) is 8.59. The Morgan fingerprint density at radius 3 is 2.28 bits per heavy atom. The van der Waals surface area contributed by atoms with Gasteiger partial charge in [0.25, 0.3) is 0 Å². The number of piperidine rings is 1. The SMILES string of the molecule is CC1CCCC(C)N1/N=C/c1c(F)cccc1F. The van der Waals surface area contributed by atoms with Crippen molar-refractivity contribution in [3.63, 3.8) is 0 Å². The van der Waals surface area contributed by atoms with E-state index in [9.17, 15) is 8.78 Å². The van der Waals surface area contributed by atoms with Crippen molar-refractivity contribution < 1.29 is 8.78 Å². The topological polar surface area (TPSA) is 15.6 Å². The molecule has 18 heavy (non-hydrogen) atoms. The van der Waals surface area contributed by atoms with Crippen LogP contribution in [0, 0.1) is 11.6 Å². The second-order valence-corrected chi connectivity index (χ2v) is 4.89. The molecule has 2 rings (SSSR count). The van der Waals surface area contributed by atoms with E-state index >= 15 is 0 Å². The second-order valence-electron chi connectivity index (χ2n) is 4.89. The zero-order chi connectivity index (χ0) is 13.1. The maximum absolute atomic E-state index is 13.4. The number of halogens is 2. The summed E-state index contributed by atoms with van der Waals surface area (Å²) < 4.78 is 26.9. The maximum atomic E-state index is 13.4. The third-order valence-electron chi connectivity index (χ3n) is 3.47. The van der Waals surface area contributed by atoms with Crippen LogP contribution in [-0.4, -0.2) is 23.3 Å². The number of nitrogens with zero attached hydrogens (tertiary/aromatic N) is 2. The summed E-state index contributed by atoms with van der Waals surface area (Å²) in [5.74, 6) is -1.15. The van der Waals surface area contributed by atoms with E-state index in [-0.39, 0.29) is 5.56 Å². The van der Waals surface area contributed by atoms with Crippen molar-refractivity contribution in [1.29, 1.82) is 0 Å². The van der Waals surface area contributed by atoms with E-state index in [0.29, 0.717) is 12.1 Å². The van der Waals surface area contributed by atoms with Crippen LogP contribution in [0.3, 0.4) is 0 Å². The van der Waals surface area contributed by atoms with Crippen LogP contribution in [0.2, 0.25) is 0 Å². The van der Waals surface area contributed by atoms with Gasteiger partial charge in [0.05, 0.1) is 11.8 Å². The van der Waals surface area contributed by atoms with Gasteiger partial charge < -0.3 is 0 Å². The number of benzene rings is 1. The van der Waals surface area contributed by atoms with Crippen LogP contribution in [0.1, 0.15) is 38.7 Å². The Kier molecular flexibility index (Phi) is 3.94. The lowest BCUT2D eigenvalue weighted by Gasteiger charge is -2.36. The van der Waals surface area contributed by atoms with Crippen LogP contribution in [-0.2, 0) is 0 Å². The van der Waals surface area contributed by atoms with Crippen LogP contribution < -0.4 is 0 Å². The van der Waals surface area contributed by atoms with Gasteiger partial charge in [0.2, 0.25) is 0 Å². The molecule has 1 aromatic rings. The molecule has 0 spiro atoms. The van der Waals surface area contributed by atoms with Crippen molar-refractivity contribution >= 4 is 6.21 Å². The smallest absolute Gasteiger partial charge is 0.134 e. The Balaban J connectivity index is 2.19. The first-order valence-electron chi connectivity index (χ1n) is 6.36. The van der Waals surface area contributed by atoms with Crippen LogP contribution in [0.4, 0.5) is 8.78 Å². The average molecular weight is 252 g/mol. The summed E-state index contributed by atoms with van der Waals surface area (Å²) in [6.07, 6.45) is 4.62. The number of hydrogen-bond acceptors (Lipinski definition) is 2. The molecule has 2 nitrogen and oxygen atoms in total. The van der Waals surface area contributed by atoms with Gasteiger partial charge in [0.15, 0.2) is 0 Å². The summed E-state index contributed by atoms with van der Waals surface area (Å²) in [5, 5.41) is 6.21. The minimum Gasteiger partial charge on any atom is -0.292 e.